The molecule has 4 heteroatoms. The van der Waals surface area contributed by atoms with Crippen LogP contribution in [0.3, 0.4) is 0 Å². The first-order chi connectivity index (χ1) is 6.94. The molecular formula is C11H18ClN3. The fourth-order valence-corrected chi connectivity index (χ4v) is 1.22. The number of pyridine rings is 1. The number of halogens is 1. The molecule has 1 aromatic heterocycles. The van der Waals surface area contributed by atoms with Gasteiger partial charge in [0.05, 0.1) is 10.7 Å². The van der Waals surface area contributed by atoms with Crippen LogP contribution in [0.4, 0.5) is 11.5 Å². The Bertz CT molecular complexity index is 337. The molecule has 0 radical (unpaired) electrons. The van der Waals surface area contributed by atoms with Gasteiger partial charge in [0, 0.05) is 12.7 Å². The van der Waals surface area contributed by atoms with Crippen molar-refractivity contribution in [2.45, 2.75) is 27.2 Å². The first-order valence-electron chi connectivity index (χ1n) is 5.09. The number of nitrogen functional groups attached to an aromatic ring is 1. The second-order valence-electron chi connectivity index (χ2n) is 4.46. The van der Waals surface area contributed by atoms with Gasteiger partial charge in [0.1, 0.15) is 5.82 Å². The first kappa shape index (κ1) is 12.1. The highest BCUT2D eigenvalue weighted by Gasteiger charge is 2.15. The van der Waals surface area contributed by atoms with Crippen molar-refractivity contribution < 1.29 is 0 Å². The van der Waals surface area contributed by atoms with Gasteiger partial charge in [0.2, 0.25) is 0 Å². The molecule has 0 spiro atoms. The number of nitrogens with zero attached hydrogens (tertiary/aromatic N) is 1. The van der Waals surface area contributed by atoms with Gasteiger partial charge in [-0.15, -0.1) is 0 Å². The molecule has 15 heavy (non-hydrogen) atoms. The zero-order chi connectivity index (χ0) is 11.5. The summed E-state index contributed by atoms with van der Waals surface area (Å²) in [6.07, 6.45) is 2.70. The molecule has 1 rings (SSSR count). The van der Waals surface area contributed by atoms with Crippen molar-refractivity contribution in [3.05, 3.63) is 17.3 Å². The highest BCUT2D eigenvalue weighted by atomic mass is 35.5. The average Bonchev–Trinajstić information content (AvgIpc) is 2.16. The van der Waals surface area contributed by atoms with E-state index < -0.39 is 0 Å². The average molecular weight is 228 g/mol. The number of nitrogens with two attached hydrogens (primary N) is 1. The van der Waals surface area contributed by atoms with Gasteiger partial charge in [0.25, 0.3) is 0 Å². The van der Waals surface area contributed by atoms with Crippen molar-refractivity contribution >= 4 is 23.1 Å². The van der Waals surface area contributed by atoms with Gasteiger partial charge >= 0.3 is 0 Å². The molecule has 0 aliphatic rings. The fourth-order valence-electron chi connectivity index (χ4n) is 1.05. The summed E-state index contributed by atoms with van der Waals surface area (Å²) in [4.78, 5) is 4.15. The molecule has 0 amide bonds. The summed E-state index contributed by atoms with van der Waals surface area (Å²) >= 11 is 5.76. The highest BCUT2D eigenvalue weighted by Crippen LogP contribution is 2.23. The first-order valence-corrected chi connectivity index (χ1v) is 5.47. The van der Waals surface area contributed by atoms with Gasteiger partial charge in [-0.1, -0.05) is 32.4 Å². The maximum absolute atomic E-state index is 5.78. The normalized spacial score (nSPS) is 11.5. The highest BCUT2D eigenvalue weighted by molar-refractivity contribution is 6.30. The molecule has 0 unspecified atom stereocenters. The molecule has 0 aromatic carbocycles. The maximum Gasteiger partial charge on any atom is 0.149 e. The largest absolute Gasteiger partial charge is 0.396 e. The van der Waals surface area contributed by atoms with Crippen LogP contribution in [0.15, 0.2) is 12.3 Å². The quantitative estimate of drug-likeness (QED) is 0.831. The molecule has 1 heterocycles. The Balaban J connectivity index is 2.66. The predicted octanol–water partition coefficient (Wildman–Crippen LogP) is 3.17. The molecular weight excluding hydrogens is 210 g/mol. The predicted molar refractivity (Wildman–Crippen MR) is 66.2 cm³/mol. The van der Waals surface area contributed by atoms with Gasteiger partial charge in [-0.05, 0) is 17.9 Å². The number of nitrogens with one attached hydrogen (secondary N) is 1. The zero-order valence-corrected chi connectivity index (χ0v) is 10.2. The van der Waals surface area contributed by atoms with E-state index in [0.717, 1.165) is 13.0 Å². The Morgan fingerprint density at radius 2 is 2.20 bits per heavy atom. The van der Waals surface area contributed by atoms with Crippen LogP contribution in [-0.4, -0.2) is 11.5 Å². The summed E-state index contributed by atoms with van der Waals surface area (Å²) in [5.74, 6) is 0.709. The minimum atomic E-state index is 0.244. The number of hydrogen-bond acceptors (Lipinski definition) is 3. The number of hydrogen-bond donors (Lipinski definition) is 2. The van der Waals surface area contributed by atoms with Crippen molar-refractivity contribution in [1.29, 1.82) is 0 Å². The summed E-state index contributed by atoms with van der Waals surface area (Å²) in [5, 5.41) is 3.80. The minimum Gasteiger partial charge on any atom is -0.396 e. The molecule has 0 aliphatic carbocycles. The lowest BCUT2D eigenvalue weighted by Crippen LogP contribution is -2.22. The van der Waals surface area contributed by atoms with Crippen LogP contribution in [0, 0.1) is 5.41 Å². The van der Waals surface area contributed by atoms with Gasteiger partial charge in [0.15, 0.2) is 0 Å². The minimum absolute atomic E-state index is 0.244. The van der Waals surface area contributed by atoms with Gasteiger partial charge in [-0.25, -0.2) is 4.98 Å². The van der Waals surface area contributed by atoms with E-state index in [-0.39, 0.29) is 5.41 Å². The SMILES string of the molecule is CCC(C)(C)CNc1ncc(Cl)cc1N. The van der Waals surface area contributed by atoms with Gasteiger partial charge in [-0.2, -0.15) is 0 Å². The van der Waals surface area contributed by atoms with E-state index >= 15 is 0 Å². The monoisotopic (exact) mass is 227 g/mol. The lowest BCUT2D eigenvalue weighted by atomic mass is 9.90. The van der Waals surface area contributed by atoms with E-state index in [1.54, 1.807) is 12.3 Å². The lowest BCUT2D eigenvalue weighted by molar-refractivity contribution is 0.376. The summed E-state index contributed by atoms with van der Waals surface area (Å²) in [6.45, 7) is 7.42. The molecule has 0 atom stereocenters. The third kappa shape index (κ3) is 3.59. The molecule has 0 aliphatic heterocycles. The van der Waals surface area contributed by atoms with Gasteiger partial charge < -0.3 is 11.1 Å². The van der Waals surface area contributed by atoms with Crippen molar-refractivity contribution in [1.82, 2.24) is 4.98 Å². The topological polar surface area (TPSA) is 50.9 Å². The Labute approximate surface area is 96.0 Å². The van der Waals surface area contributed by atoms with E-state index in [2.05, 4.69) is 31.1 Å². The number of anilines is 2. The Morgan fingerprint density at radius 1 is 1.53 bits per heavy atom. The van der Waals surface area contributed by atoms with E-state index in [4.69, 9.17) is 17.3 Å². The molecule has 0 bridgehead atoms. The van der Waals surface area contributed by atoms with E-state index in [0.29, 0.717) is 16.5 Å². The zero-order valence-electron chi connectivity index (χ0n) is 9.47. The van der Waals surface area contributed by atoms with Crippen LogP contribution >= 0.6 is 11.6 Å². The second-order valence-corrected chi connectivity index (χ2v) is 4.90. The molecule has 0 saturated heterocycles. The number of rotatable bonds is 4. The smallest absolute Gasteiger partial charge is 0.149 e. The van der Waals surface area contributed by atoms with E-state index in [1.165, 1.54) is 0 Å². The summed E-state index contributed by atoms with van der Waals surface area (Å²) in [7, 11) is 0. The third-order valence-electron chi connectivity index (χ3n) is 2.58. The lowest BCUT2D eigenvalue weighted by Gasteiger charge is -2.23. The second kappa shape index (κ2) is 4.71. The Hall–Kier alpha value is -0.960. The van der Waals surface area contributed by atoms with Crippen LogP contribution < -0.4 is 11.1 Å². The molecule has 3 nitrogen and oxygen atoms in total. The molecule has 0 saturated carbocycles. The van der Waals surface area contributed by atoms with E-state index in [1.807, 2.05) is 0 Å². The summed E-state index contributed by atoms with van der Waals surface area (Å²) < 4.78 is 0. The molecule has 84 valence electrons. The van der Waals surface area contributed by atoms with Crippen LogP contribution in [-0.2, 0) is 0 Å². The van der Waals surface area contributed by atoms with Crippen LogP contribution in [0.25, 0.3) is 0 Å². The van der Waals surface area contributed by atoms with Crippen molar-refractivity contribution in [2.24, 2.45) is 5.41 Å². The Kier molecular flexibility index (Phi) is 3.80. The maximum atomic E-state index is 5.78. The number of aromatic nitrogens is 1. The molecule has 3 N–H and O–H groups in total. The third-order valence-corrected chi connectivity index (χ3v) is 2.78. The molecule has 1 aromatic rings. The van der Waals surface area contributed by atoms with Crippen LogP contribution in [0.1, 0.15) is 27.2 Å². The molecule has 0 fully saturated rings. The van der Waals surface area contributed by atoms with Crippen molar-refractivity contribution in [3.63, 3.8) is 0 Å². The van der Waals surface area contributed by atoms with Crippen LogP contribution in [0.2, 0.25) is 5.02 Å². The Morgan fingerprint density at radius 3 is 2.73 bits per heavy atom. The van der Waals surface area contributed by atoms with Crippen molar-refractivity contribution in [2.75, 3.05) is 17.6 Å². The summed E-state index contributed by atoms with van der Waals surface area (Å²) in [6, 6.07) is 1.70. The van der Waals surface area contributed by atoms with Gasteiger partial charge in [-0.3, -0.25) is 0 Å². The standard InChI is InChI=1S/C11H18ClN3/c1-4-11(2,3)7-15-10-9(13)5-8(12)6-14-10/h5-6H,4,7,13H2,1-3H3,(H,14,15). The van der Waals surface area contributed by atoms with E-state index in [9.17, 15) is 0 Å². The fraction of sp³-hybridized carbons (Fsp3) is 0.545. The van der Waals surface area contributed by atoms with Crippen LogP contribution in [0.5, 0.6) is 0 Å². The summed E-state index contributed by atoms with van der Waals surface area (Å²) in [5.41, 5.74) is 6.62. The van der Waals surface area contributed by atoms with Crippen molar-refractivity contribution in [3.8, 4) is 0 Å².